The highest BCUT2D eigenvalue weighted by Crippen LogP contribution is 2.33. The van der Waals surface area contributed by atoms with Crippen LogP contribution in [0.3, 0.4) is 0 Å². The van der Waals surface area contributed by atoms with E-state index in [4.69, 9.17) is 9.40 Å². The van der Waals surface area contributed by atoms with E-state index in [2.05, 4.69) is 16.3 Å². The average molecular weight is 443 g/mol. The van der Waals surface area contributed by atoms with E-state index in [-0.39, 0.29) is 5.91 Å². The van der Waals surface area contributed by atoms with E-state index in [0.29, 0.717) is 22.8 Å². The molecule has 5 rings (SSSR count). The highest BCUT2D eigenvalue weighted by atomic mass is 32.2. The molecule has 1 amide bonds. The number of fused-ring (bicyclic) bond motifs is 1. The lowest BCUT2D eigenvalue weighted by molar-refractivity contribution is -0.129. The van der Waals surface area contributed by atoms with Crippen molar-refractivity contribution in [3.63, 3.8) is 0 Å². The molecular weight excluding hydrogens is 424 g/mol. The Morgan fingerprint density at radius 2 is 2.17 bits per heavy atom. The van der Waals surface area contributed by atoms with Gasteiger partial charge in [-0.25, -0.2) is 4.98 Å². The van der Waals surface area contributed by atoms with Crippen molar-refractivity contribution in [3.8, 4) is 10.8 Å². The van der Waals surface area contributed by atoms with Crippen LogP contribution in [-0.4, -0.2) is 44.8 Å². The average Bonchev–Trinajstić information content (AvgIpc) is 3.52. The van der Waals surface area contributed by atoms with Gasteiger partial charge in [0.25, 0.3) is 11.1 Å². The number of para-hydroxylation sites is 1. The van der Waals surface area contributed by atoms with Gasteiger partial charge >= 0.3 is 0 Å². The van der Waals surface area contributed by atoms with Crippen molar-refractivity contribution in [2.45, 2.75) is 24.0 Å². The largest absolute Gasteiger partial charge is 0.410 e. The molecule has 29 heavy (non-hydrogen) atoms. The Bertz CT molecular complexity index is 1090. The second kappa shape index (κ2) is 8.25. The predicted octanol–water partition coefficient (Wildman–Crippen LogP) is 4.91. The molecule has 1 aliphatic rings. The predicted molar refractivity (Wildman–Crippen MR) is 117 cm³/mol. The summed E-state index contributed by atoms with van der Waals surface area (Å²) in [5, 5.41) is 11.6. The molecule has 4 heterocycles. The summed E-state index contributed by atoms with van der Waals surface area (Å²) in [5.41, 5.74) is 1.05. The summed E-state index contributed by atoms with van der Waals surface area (Å²) in [5.74, 6) is 1.22. The van der Waals surface area contributed by atoms with Gasteiger partial charge in [0.15, 0.2) is 0 Å². The van der Waals surface area contributed by atoms with Gasteiger partial charge in [0.2, 0.25) is 5.91 Å². The smallest absolute Gasteiger partial charge is 0.277 e. The Morgan fingerprint density at radius 1 is 1.24 bits per heavy atom. The maximum atomic E-state index is 12.8. The van der Waals surface area contributed by atoms with Gasteiger partial charge in [-0.15, -0.1) is 32.9 Å². The number of thiophene rings is 1. The second-order valence-electron chi connectivity index (χ2n) is 6.84. The summed E-state index contributed by atoms with van der Waals surface area (Å²) < 4.78 is 6.87. The standard InChI is InChI=1S/C20H18N4O2S3/c25-17(12-28-20-23-22-18(26-20)16-8-4-10-27-16)24-9-3-5-13(11-24)19-21-14-6-1-2-7-15(14)29-19/h1-2,4,6-8,10,13H,3,5,9,11-12H2. The minimum absolute atomic E-state index is 0.108. The quantitative estimate of drug-likeness (QED) is 0.409. The van der Waals surface area contributed by atoms with Crippen LogP contribution in [0.5, 0.6) is 0 Å². The number of benzene rings is 1. The third-order valence-corrected chi connectivity index (χ3v) is 7.75. The van der Waals surface area contributed by atoms with Crippen LogP contribution in [-0.2, 0) is 4.79 Å². The number of rotatable bonds is 5. The molecule has 0 aliphatic carbocycles. The third-order valence-electron chi connectivity index (χ3n) is 4.89. The number of hydrogen-bond acceptors (Lipinski definition) is 8. The minimum Gasteiger partial charge on any atom is -0.410 e. The van der Waals surface area contributed by atoms with Gasteiger partial charge in [0.05, 0.1) is 25.9 Å². The van der Waals surface area contributed by atoms with Crippen molar-refractivity contribution in [3.05, 3.63) is 46.8 Å². The first kappa shape index (κ1) is 18.8. The Hall–Kier alpha value is -2.23. The molecular formula is C20H18N4O2S3. The van der Waals surface area contributed by atoms with Crippen molar-refractivity contribution in [2.24, 2.45) is 0 Å². The molecule has 0 radical (unpaired) electrons. The van der Waals surface area contributed by atoms with Crippen LogP contribution in [0.2, 0.25) is 0 Å². The zero-order valence-electron chi connectivity index (χ0n) is 15.5. The zero-order valence-corrected chi connectivity index (χ0v) is 17.9. The summed E-state index contributed by atoms with van der Waals surface area (Å²) >= 11 is 4.59. The van der Waals surface area contributed by atoms with Crippen molar-refractivity contribution in [1.82, 2.24) is 20.1 Å². The normalized spacial score (nSPS) is 17.1. The number of carbonyl (C=O) groups is 1. The number of amides is 1. The van der Waals surface area contributed by atoms with Crippen molar-refractivity contribution < 1.29 is 9.21 Å². The number of nitrogens with zero attached hydrogens (tertiary/aromatic N) is 4. The lowest BCUT2D eigenvalue weighted by atomic mass is 9.99. The van der Waals surface area contributed by atoms with Crippen molar-refractivity contribution in [1.29, 1.82) is 0 Å². The summed E-state index contributed by atoms with van der Waals surface area (Å²) in [6, 6.07) is 12.1. The number of hydrogen-bond donors (Lipinski definition) is 0. The molecule has 1 unspecified atom stereocenters. The first-order valence-electron chi connectivity index (χ1n) is 9.40. The maximum absolute atomic E-state index is 12.8. The Morgan fingerprint density at radius 3 is 3.03 bits per heavy atom. The van der Waals surface area contributed by atoms with Gasteiger partial charge < -0.3 is 9.32 Å². The molecule has 1 atom stereocenters. The van der Waals surface area contributed by atoms with Crippen molar-refractivity contribution in [2.75, 3.05) is 18.8 Å². The van der Waals surface area contributed by atoms with E-state index in [0.717, 1.165) is 41.3 Å². The summed E-state index contributed by atoms with van der Waals surface area (Å²) in [4.78, 5) is 20.4. The zero-order chi connectivity index (χ0) is 19.6. The highest BCUT2D eigenvalue weighted by Gasteiger charge is 2.27. The summed E-state index contributed by atoms with van der Waals surface area (Å²) in [6.45, 7) is 1.52. The maximum Gasteiger partial charge on any atom is 0.277 e. The number of carbonyl (C=O) groups excluding carboxylic acids is 1. The molecule has 0 saturated carbocycles. The van der Waals surface area contributed by atoms with Crippen LogP contribution in [0.1, 0.15) is 23.8 Å². The van der Waals surface area contributed by atoms with Crippen LogP contribution in [0.25, 0.3) is 21.0 Å². The van der Waals surface area contributed by atoms with E-state index in [1.165, 1.54) is 16.5 Å². The van der Waals surface area contributed by atoms with Crippen LogP contribution in [0.15, 0.2) is 51.4 Å². The molecule has 6 nitrogen and oxygen atoms in total. The monoisotopic (exact) mass is 442 g/mol. The molecule has 1 aromatic carbocycles. The van der Waals surface area contributed by atoms with E-state index in [9.17, 15) is 4.79 Å². The first-order valence-corrected chi connectivity index (χ1v) is 12.1. The number of aromatic nitrogens is 3. The number of thiazole rings is 1. The topological polar surface area (TPSA) is 72.1 Å². The molecule has 1 aliphatic heterocycles. The van der Waals surface area contributed by atoms with E-state index in [1.54, 1.807) is 22.7 Å². The third kappa shape index (κ3) is 4.08. The van der Waals surface area contributed by atoms with Crippen LogP contribution < -0.4 is 0 Å². The number of likely N-dealkylation sites (tertiary alicyclic amines) is 1. The van der Waals surface area contributed by atoms with Gasteiger partial charge in [-0.3, -0.25) is 4.79 Å². The lowest BCUT2D eigenvalue weighted by Gasteiger charge is -2.31. The van der Waals surface area contributed by atoms with Gasteiger partial charge in [-0.2, -0.15) is 0 Å². The molecule has 9 heteroatoms. The Labute approximate surface area is 180 Å². The van der Waals surface area contributed by atoms with Gasteiger partial charge in [-0.05, 0) is 36.4 Å². The van der Waals surface area contributed by atoms with Crippen molar-refractivity contribution >= 4 is 50.6 Å². The van der Waals surface area contributed by atoms with Crippen LogP contribution in [0, 0.1) is 0 Å². The minimum atomic E-state index is 0.108. The van der Waals surface area contributed by atoms with Gasteiger partial charge in [-0.1, -0.05) is 30.0 Å². The Balaban J connectivity index is 1.21. The molecule has 0 spiro atoms. The molecule has 4 aromatic rings. The molecule has 0 N–H and O–H groups in total. The number of piperidine rings is 1. The fourth-order valence-corrected chi connectivity index (χ4v) is 5.86. The lowest BCUT2D eigenvalue weighted by Crippen LogP contribution is -2.40. The molecule has 148 valence electrons. The first-order chi connectivity index (χ1) is 14.3. The summed E-state index contributed by atoms with van der Waals surface area (Å²) in [7, 11) is 0. The fourth-order valence-electron chi connectivity index (χ4n) is 3.45. The van der Waals surface area contributed by atoms with Gasteiger partial charge in [0, 0.05) is 19.0 Å². The van der Waals surface area contributed by atoms with E-state index in [1.807, 2.05) is 40.6 Å². The van der Waals surface area contributed by atoms with E-state index < -0.39 is 0 Å². The number of thioether (sulfide) groups is 1. The Kier molecular flexibility index (Phi) is 5.34. The molecule has 1 saturated heterocycles. The SMILES string of the molecule is O=C(CSc1nnc(-c2cccs2)o1)N1CCCC(c2nc3ccccc3s2)C1. The second-order valence-corrected chi connectivity index (χ2v) is 9.77. The fraction of sp³-hybridized carbons (Fsp3) is 0.300. The molecule has 0 bridgehead atoms. The van der Waals surface area contributed by atoms with Crippen LogP contribution in [0.4, 0.5) is 0 Å². The molecule has 3 aromatic heterocycles. The highest BCUT2D eigenvalue weighted by molar-refractivity contribution is 7.99. The summed E-state index contributed by atoms with van der Waals surface area (Å²) in [6.07, 6.45) is 2.07. The van der Waals surface area contributed by atoms with Crippen LogP contribution >= 0.6 is 34.4 Å². The van der Waals surface area contributed by atoms with E-state index >= 15 is 0 Å². The van der Waals surface area contributed by atoms with Gasteiger partial charge in [0.1, 0.15) is 0 Å². The molecule has 1 fully saturated rings.